The van der Waals surface area contributed by atoms with E-state index in [9.17, 15) is 0 Å². The van der Waals surface area contributed by atoms with Crippen LogP contribution >= 0.6 is 0 Å². The summed E-state index contributed by atoms with van der Waals surface area (Å²) in [5.74, 6) is 1.35. The maximum absolute atomic E-state index is 4.19. The highest BCUT2D eigenvalue weighted by molar-refractivity contribution is 5.45. The van der Waals surface area contributed by atoms with Crippen LogP contribution in [0.15, 0.2) is 43.0 Å². The van der Waals surface area contributed by atoms with Gasteiger partial charge in [-0.3, -0.25) is 4.98 Å². The topological polar surface area (TPSA) is 41.9 Å². The molecule has 3 heterocycles. The quantitative estimate of drug-likeness (QED) is 0.840. The first kappa shape index (κ1) is 12.1. The van der Waals surface area contributed by atoms with E-state index in [2.05, 4.69) is 33.1 Å². The third-order valence-corrected chi connectivity index (χ3v) is 3.83. The van der Waals surface area contributed by atoms with Crippen LogP contribution in [0, 0.1) is 5.92 Å². The van der Waals surface area contributed by atoms with Gasteiger partial charge in [0, 0.05) is 25.5 Å². The molecule has 0 radical (unpaired) electrons. The molecule has 0 bridgehead atoms. The molecule has 4 heteroatoms. The van der Waals surface area contributed by atoms with Crippen molar-refractivity contribution in [2.75, 3.05) is 18.0 Å². The molecule has 1 aliphatic rings. The SMILES string of the molecule is CC(CC1CN(c2ccnnc2)C1)c1cccnc1. The molecule has 98 valence electrons. The van der Waals surface area contributed by atoms with Crippen molar-refractivity contribution in [3.63, 3.8) is 0 Å². The zero-order valence-corrected chi connectivity index (χ0v) is 11.1. The van der Waals surface area contributed by atoms with Gasteiger partial charge in [0.15, 0.2) is 0 Å². The Morgan fingerprint density at radius 3 is 2.79 bits per heavy atom. The van der Waals surface area contributed by atoms with Gasteiger partial charge in [0.1, 0.15) is 0 Å². The average Bonchev–Trinajstić information content (AvgIpc) is 2.44. The Labute approximate surface area is 113 Å². The van der Waals surface area contributed by atoms with E-state index in [1.165, 1.54) is 17.7 Å². The molecular formula is C15H18N4. The number of pyridine rings is 1. The van der Waals surface area contributed by atoms with Crippen LogP contribution in [-0.2, 0) is 0 Å². The minimum absolute atomic E-state index is 0.580. The van der Waals surface area contributed by atoms with Crippen molar-refractivity contribution < 1.29 is 0 Å². The number of nitrogens with zero attached hydrogens (tertiary/aromatic N) is 4. The molecule has 1 saturated heterocycles. The van der Waals surface area contributed by atoms with Crippen LogP contribution in [0.2, 0.25) is 0 Å². The summed E-state index contributed by atoms with van der Waals surface area (Å²) >= 11 is 0. The van der Waals surface area contributed by atoms with Gasteiger partial charge in [0.2, 0.25) is 0 Å². The standard InChI is InChI=1S/C15H18N4/c1-12(14-3-2-5-16-8-14)7-13-10-19(11-13)15-4-6-17-18-9-15/h2-6,8-9,12-13H,7,10-11H2,1H3. The van der Waals surface area contributed by atoms with Gasteiger partial charge < -0.3 is 4.90 Å². The number of rotatable bonds is 4. The summed E-state index contributed by atoms with van der Waals surface area (Å²) < 4.78 is 0. The van der Waals surface area contributed by atoms with Crippen LogP contribution in [0.1, 0.15) is 24.8 Å². The van der Waals surface area contributed by atoms with Crippen LogP contribution in [0.4, 0.5) is 5.69 Å². The molecule has 3 rings (SSSR count). The van der Waals surface area contributed by atoms with E-state index >= 15 is 0 Å². The highest BCUT2D eigenvalue weighted by Gasteiger charge is 2.28. The fraction of sp³-hybridized carbons (Fsp3) is 0.400. The Kier molecular flexibility index (Phi) is 3.40. The molecule has 2 aromatic heterocycles. The molecule has 19 heavy (non-hydrogen) atoms. The average molecular weight is 254 g/mol. The third-order valence-electron chi connectivity index (χ3n) is 3.83. The van der Waals surface area contributed by atoms with Crippen molar-refractivity contribution in [2.24, 2.45) is 5.92 Å². The maximum Gasteiger partial charge on any atom is 0.0729 e. The lowest BCUT2D eigenvalue weighted by molar-refractivity contribution is 0.361. The second kappa shape index (κ2) is 5.34. The molecule has 0 amide bonds. The number of anilines is 1. The van der Waals surface area contributed by atoms with Gasteiger partial charge in [-0.15, -0.1) is 0 Å². The number of hydrogen-bond donors (Lipinski definition) is 0. The smallest absolute Gasteiger partial charge is 0.0729 e. The minimum Gasteiger partial charge on any atom is -0.369 e. The number of hydrogen-bond acceptors (Lipinski definition) is 4. The molecule has 0 saturated carbocycles. The van der Waals surface area contributed by atoms with Crippen LogP contribution in [-0.4, -0.2) is 28.3 Å². The first-order valence-corrected chi connectivity index (χ1v) is 6.74. The van der Waals surface area contributed by atoms with E-state index in [-0.39, 0.29) is 0 Å². The van der Waals surface area contributed by atoms with E-state index in [1.807, 2.05) is 30.7 Å². The summed E-state index contributed by atoms with van der Waals surface area (Å²) in [6, 6.07) is 6.20. The Morgan fingerprint density at radius 1 is 1.21 bits per heavy atom. The van der Waals surface area contributed by atoms with Gasteiger partial charge in [-0.25, -0.2) is 0 Å². The summed E-state index contributed by atoms with van der Waals surface area (Å²) in [6.45, 7) is 4.53. The summed E-state index contributed by atoms with van der Waals surface area (Å²) in [7, 11) is 0. The van der Waals surface area contributed by atoms with Crippen molar-refractivity contribution in [2.45, 2.75) is 19.3 Å². The summed E-state index contributed by atoms with van der Waals surface area (Å²) in [4.78, 5) is 6.55. The Hall–Kier alpha value is -1.97. The molecule has 0 aromatic carbocycles. The first-order chi connectivity index (χ1) is 9.33. The molecular weight excluding hydrogens is 236 g/mol. The summed E-state index contributed by atoms with van der Waals surface area (Å²) in [5, 5.41) is 7.73. The predicted octanol–water partition coefficient (Wildman–Crippen LogP) is 2.50. The van der Waals surface area contributed by atoms with Crippen LogP contribution in [0.25, 0.3) is 0 Å². The molecule has 0 N–H and O–H groups in total. The van der Waals surface area contributed by atoms with Crippen molar-refractivity contribution >= 4 is 5.69 Å². The largest absolute Gasteiger partial charge is 0.369 e. The summed E-state index contributed by atoms with van der Waals surface area (Å²) in [5.41, 5.74) is 2.52. The van der Waals surface area contributed by atoms with Crippen molar-refractivity contribution in [3.05, 3.63) is 48.5 Å². The first-order valence-electron chi connectivity index (χ1n) is 6.74. The van der Waals surface area contributed by atoms with Crippen molar-refractivity contribution in [1.82, 2.24) is 15.2 Å². The van der Waals surface area contributed by atoms with Crippen molar-refractivity contribution in [1.29, 1.82) is 0 Å². The normalized spacial score (nSPS) is 17.0. The monoisotopic (exact) mass is 254 g/mol. The Bertz CT molecular complexity index is 508. The fourth-order valence-electron chi connectivity index (χ4n) is 2.70. The zero-order chi connectivity index (χ0) is 13.1. The lowest BCUT2D eigenvalue weighted by Crippen LogP contribution is -2.47. The molecule has 1 aliphatic heterocycles. The Balaban J connectivity index is 1.52. The molecule has 0 spiro atoms. The van der Waals surface area contributed by atoms with Crippen LogP contribution in [0.5, 0.6) is 0 Å². The van der Waals surface area contributed by atoms with Crippen LogP contribution < -0.4 is 4.90 Å². The third kappa shape index (κ3) is 2.72. The summed E-state index contributed by atoms with van der Waals surface area (Å²) in [6.07, 6.45) is 8.62. The zero-order valence-electron chi connectivity index (χ0n) is 11.1. The molecule has 4 nitrogen and oxygen atoms in total. The molecule has 0 aliphatic carbocycles. The van der Waals surface area contributed by atoms with Gasteiger partial charge in [0.05, 0.1) is 18.1 Å². The highest BCUT2D eigenvalue weighted by Crippen LogP contribution is 2.31. The van der Waals surface area contributed by atoms with E-state index < -0.39 is 0 Å². The van der Waals surface area contributed by atoms with Gasteiger partial charge in [0.25, 0.3) is 0 Å². The van der Waals surface area contributed by atoms with Gasteiger partial charge >= 0.3 is 0 Å². The van der Waals surface area contributed by atoms with E-state index in [1.54, 1.807) is 6.20 Å². The van der Waals surface area contributed by atoms with E-state index in [0.717, 1.165) is 19.0 Å². The Morgan fingerprint density at radius 2 is 2.11 bits per heavy atom. The molecule has 1 fully saturated rings. The maximum atomic E-state index is 4.19. The predicted molar refractivity (Wildman–Crippen MR) is 75.0 cm³/mol. The second-order valence-electron chi connectivity index (χ2n) is 5.29. The van der Waals surface area contributed by atoms with Gasteiger partial charge in [-0.2, -0.15) is 10.2 Å². The van der Waals surface area contributed by atoms with Gasteiger partial charge in [-0.05, 0) is 36.0 Å². The molecule has 1 atom stereocenters. The fourth-order valence-corrected chi connectivity index (χ4v) is 2.70. The molecule has 1 unspecified atom stereocenters. The van der Waals surface area contributed by atoms with Crippen LogP contribution in [0.3, 0.4) is 0 Å². The minimum atomic E-state index is 0.580. The lowest BCUT2D eigenvalue weighted by Gasteiger charge is -2.42. The van der Waals surface area contributed by atoms with Crippen molar-refractivity contribution in [3.8, 4) is 0 Å². The van der Waals surface area contributed by atoms with Gasteiger partial charge in [-0.1, -0.05) is 13.0 Å². The second-order valence-corrected chi connectivity index (χ2v) is 5.29. The van der Waals surface area contributed by atoms with E-state index in [0.29, 0.717) is 5.92 Å². The highest BCUT2D eigenvalue weighted by atomic mass is 15.2. The van der Waals surface area contributed by atoms with E-state index in [4.69, 9.17) is 0 Å². The molecule has 2 aromatic rings. The lowest BCUT2D eigenvalue weighted by atomic mass is 9.86. The number of aromatic nitrogens is 3.